The van der Waals surface area contributed by atoms with Crippen LogP contribution in [0, 0.1) is 6.92 Å². The number of carbonyl (C=O) groups excluding carboxylic acids is 1. The van der Waals surface area contributed by atoms with E-state index in [0.717, 1.165) is 23.2 Å². The summed E-state index contributed by atoms with van der Waals surface area (Å²) in [6.45, 7) is 3.94. The topological polar surface area (TPSA) is 47.8 Å². The second-order valence-corrected chi connectivity index (χ2v) is 4.14. The van der Waals surface area contributed by atoms with Gasteiger partial charge in [0.15, 0.2) is 0 Å². The van der Waals surface area contributed by atoms with Crippen LogP contribution < -0.4 is 0 Å². The van der Waals surface area contributed by atoms with E-state index in [1.54, 1.807) is 11.0 Å². The molecule has 2 aromatic rings. The van der Waals surface area contributed by atoms with Crippen LogP contribution in [0.15, 0.2) is 30.5 Å². The van der Waals surface area contributed by atoms with Crippen molar-refractivity contribution in [2.24, 2.45) is 0 Å². The predicted octanol–water partition coefficient (Wildman–Crippen LogP) is 2.27. The highest BCUT2D eigenvalue weighted by Gasteiger charge is 2.12. The summed E-state index contributed by atoms with van der Waals surface area (Å²) in [7, 11) is 0. The first kappa shape index (κ1) is 11.5. The summed E-state index contributed by atoms with van der Waals surface area (Å²) in [5, 5.41) is 8.51. The molecule has 0 fully saturated rings. The lowest BCUT2D eigenvalue weighted by Crippen LogP contribution is -2.06. The molecule has 0 spiro atoms. The third-order valence-corrected chi connectivity index (χ3v) is 2.74. The zero-order valence-electron chi connectivity index (χ0n) is 10.00. The Morgan fingerprint density at radius 2 is 2.18 bits per heavy atom. The Hall–Kier alpha value is -1.97. The number of rotatable bonds is 4. The van der Waals surface area contributed by atoms with E-state index in [1.807, 2.05) is 38.1 Å². The summed E-state index contributed by atoms with van der Waals surface area (Å²) >= 11 is 0. The van der Waals surface area contributed by atoms with Crippen molar-refractivity contribution in [3.8, 4) is 5.69 Å². The summed E-state index contributed by atoms with van der Waals surface area (Å²) in [6.07, 6.45) is 3.18. The molecular weight excluding hydrogens is 214 g/mol. The minimum Gasteiger partial charge on any atom is -0.303 e. The second kappa shape index (κ2) is 4.91. The van der Waals surface area contributed by atoms with Gasteiger partial charge in [0.25, 0.3) is 0 Å². The van der Waals surface area contributed by atoms with Crippen molar-refractivity contribution in [1.82, 2.24) is 15.0 Å². The van der Waals surface area contributed by atoms with E-state index in [-0.39, 0.29) is 5.92 Å². The standard InChI is InChI=1S/C13H15N3O/c1-10(7-8-17)12-5-3-4-6-13(12)16-14-9-11(2)15-16/h3-6,8-10H,7H2,1-2H3. The molecule has 17 heavy (non-hydrogen) atoms. The highest BCUT2D eigenvalue weighted by Crippen LogP contribution is 2.24. The maximum Gasteiger partial charge on any atom is 0.120 e. The minimum atomic E-state index is 0.176. The fraction of sp³-hybridized carbons (Fsp3) is 0.308. The molecule has 88 valence electrons. The molecule has 1 atom stereocenters. The average molecular weight is 229 g/mol. The van der Waals surface area contributed by atoms with Crippen molar-refractivity contribution in [2.45, 2.75) is 26.2 Å². The van der Waals surface area contributed by atoms with Crippen molar-refractivity contribution < 1.29 is 4.79 Å². The molecule has 1 aromatic carbocycles. The van der Waals surface area contributed by atoms with Gasteiger partial charge in [-0.3, -0.25) is 0 Å². The van der Waals surface area contributed by atoms with E-state index in [1.165, 1.54) is 0 Å². The molecule has 0 saturated carbocycles. The Balaban J connectivity index is 2.43. The number of aldehydes is 1. The normalized spacial score (nSPS) is 12.4. The van der Waals surface area contributed by atoms with Crippen molar-refractivity contribution >= 4 is 6.29 Å². The van der Waals surface area contributed by atoms with Gasteiger partial charge in [-0.2, -0.15) is 15.0 Å². The largest absolute Gasteiger partial charge is 0.303 e. The van der Waals surface area contributed by atoms with Crippen LogP contribution in [0.1, 0.15) is 30.5 Å². The van der Waals surface area contributed by atoms with Crippen LogP contribution in [0.4, 0.5) is 0 Å². The number of aryl methyl sites for hydroxylation is 1. The van der Waals surface area contributed by atoms with E-state index in [4.69, 9.17) is 0 Å². The first-order chi connectivity index (χ1) is 8.22. The zero-order chi connectivity index (χ0) is 12.3. The highest BCUT2D eigenvalue weighted by atomic mass is 16.1. The molecule has 1 unspecified atom stereocenters. The summed E-state index contributed by atoms with van der Waals surface area (Å²) in [5.41, 5.74) is 2.91. The Morgan fingerprint density at radius 1 is 1.41 bits per heavy atom. The molecule has 0 amide bonds. The van der Waals surface area contributed by atoms with E-state index in [0.29, 0.717) is 6.42 Å². The van der Waals surface area contributed by atoms with Gasteiger partial charge >= 0.3 is 0 Å². The molecule has 0 N–H and O–H groups in total. The highest BCUT2D eigenvalue weighted by molar-refractivity contribution is 5.53. The lowest BCUT2D eigenvalue weighted by atomic mass is 9.97. The molecule has 0 bridgehead atoms. The predicted molar refractivity (Wildman–Crippen MR) is 65.2 cm³/mol. The molecule has 4 nitrogen and oxygen atoms in total. The number of aromatic nitrogens is 3. The molecule has 0 aliphatic heterocycles. The van der Waals surface area contributed by atoms with Crippen LogP contribution in [-0.4, -0.2) is 21.3 Å². The first-order valence-electron chi connectivity index (χ1n) is 5.64. The van der Waals surface area contributed by atoms with Gasteiger partial charge in [0.05, 0.1) is 17.6 Å². The van der Waals surface area contributed by atoms with Gasteiger partial charge in [0.2, 0.25) is 0 Å². The van der Waals surface area contributed by atoms with Crippen molar-refractivity contribution in [1.29, 1.82) is 0 Å². The number of carbonyl (C=O) groups is 1. The summed E-state index contributed by atoms with van der Waals surface area (Å²) in [5.74, 6) is 0.176. The van der Waals surface area contributed by atoms with Gasteiger partial charge in [-0.25, -0.2) is 0 Å². The third-order valence-electron chi connectivity index (χ3n) is 2.74. The Morgan fingerprint density at radius 3 is 2.82 bits per heavy atom. The van der Waals surface area contributed by atoms with E-state index in [2.05, 4.69) is 10.2 Å². The summed E-state index contributed by atoms with van der Waals surface area (Å²) < 4.78 is 0. The van der Waals surface area contributed by atoms with Crippen molar-refractivity contribution in [2.75, 3.05) is 0 Å². The fourth-order valence-corrected chi connectivity index (χ4v) is 1.81. The second-order valence-electron chi connectivity index (χ2n) is 4.14. The quantitative estimate of drug-likeness (QED) is 0.755. The number of benzene rings is 1. The maximum absolute atomic E-state index is 10.6. The molecular formula is C13H15N3O. The maximum atomic E-state index is 10.6. The Labute approximate surface area is 100 Å². The zero-order valence-corrected chi connectivity index (χ0v) is 10.00. The van der Waals surface area contributed by atoms with E-state index in [9.17, 15) is 4.79 Å². The SMILES string of the molecule is Cc1cnn(-c2ccccc2C(C)CC=O)n1. The smallest absolute Gasteiger partial charge is 0.120 e. The molecule has 0 saturated heterocycles. The van der Waals surface area contributed by atoms with Gasteiger partial charge in [0, 0.05) is 6.42 Å². The molecule has 0 radical (unpaired) electrons. The Kier molecular flexibility index (Phi) is 3.32. The number of para-hydroxylation sites is 1. The van der Waals surface area contributed by atoms with Crippen LogP contribution in [-0.2, 0) is 4.79 Å². The summed E-state index contributed by atoms with van der Waals surface area (Å²) in [4.78, 5) is 12.2. The van der Waals surface area contributed by atoms with Crippen LogP contribution in [0.5, 0.6) is 0 Å². The lowest BCUT2D eigenvalue weighted by Gasteiger charge is -2.13. The number of hydrogen-bond donors (Lipinski definition) is 0. The average Bonchev–Trinajstić information content (AvgIpc) is 2.76. The minimum absolute atomic E-state index is 0.176. The first-order valence-corrected chi connectivity index (χ1v) is 5.64. The Bertz CT molecular complexity index is 519. The van der Waals surface area contributed by atoms with Crippen LogP contribution >= 0.6 is 0 Å². The monoisotopic (exact) mass is 229 g/mol. The molecule has 0 aliphatic carbocycles. The fourth-order valence-electron chi connectivity index (χ4n) is 1.81. The van der Waals surface area contributed by atoms with Crippen LogP contribution in [0.25, 0.3) is 5.69 Å². The molecule has 1 aromatic heterocycles. The van der Waals surface area contributed by atoms with Gasteiger partial charge < -0.3 is 4.79 Å². The molecule has 1 heterocycles. The molecule has 0 aliphatic rings. The van der Waals surface area contributed by atoms with Crippen molar-refractivity contribution in [3.05, 3.63) is 41.7 Å². The van der Waals surface area contributed by atoms with Gasteiger partial charge in [0.1, 0.15) is 6.29 Å². The molecule has 4 heteroatoms. The van der Waals surface area contributed by atoms with Gasteiger partial charge in [-0.15, -0.1) is 0 Å². The van der Waals surface area contributed by atoms with Crippen LogP contribution in [0.3, 0.4) is 0 Å². The van der Waals surface area contributed by atoms with Crippen LogP contribution in [0.2, 0.25) is 0 Å². The van der Waals surface area contributed by atoms with Gasteiger partial charge in [-0.05, 0) is 24.5 Å². The third kappa shape index (κ3) is 2.41. The lowest BCUT2D eigenvalue weighted by molar-refractivity contribution is -0.108. The van der Waals surface area contributed by atoms with E-state index < -0.39 is 0 Å². The van der Waals surface area contributed by atoms with Crippen molar-refractivity contribution in [3.63, 3.8) is 0 Å². The van der Waals surface area contributed by atoms with Gasteiger partial charge in [-0.1, -0.05) is 25.1 Å². The summed E-state index contributed by atoms with van der Waals surface area (Å²) in [6, 6.07) is 7.90. The number of hydrogen-bond acceptors (Lipinski definition) is 3. The van der Waals surface area contributed by atoms with E-state index >= 15 is 0 Å². The molecule has 2 rings (SSSR count). The number of nitrogens with zero attached hydrogens (tertiary/aromatic N) is 3.